The maximum atomic E-state index is 13.1. The quantitative estimate of drug-likeness (QED) is 0.465. The van der Waals surface area contributed by atoms with E-state index in [1.54, 1.807) is 12.1 Å². The minimum absolute atomic E-state index is 0.135. The van der Waals surface area contributed by atoms with E-state index >= 15 is 0 Å². The van der Waals surface area contributed by atoms with Crippen LogP contribution in [0.4, 0.5) is 8.78 Å². The fourth-order valence-corrected chi connectivity index (χ4v) is 3.71. The molecule has 1 N–H and O–H groups in total. The molecular formula is C21H17F2N3O2S. The van der Waals surface area contributed by atoms with Crippen molar-refractivity contribution in [3.8, 4) is 17.0 Å². The van der Waals surface area contributed by atoms with Gasteiger partial charge in [0.15, 0.2) is 4.96 Å². The van der Waals surface area contributed by atoms with E-state index in [-0.39, 0.29) is 30.6 Å². The summed E-state index contributed by atoms with van der Waals surface area (Å²) >= 11 is 1.44. The SMILES string of the molecule is O=C(Cc1csc2nc(-c3ccc(F)cc3)cn12)NCCOc1ccc(F)cc1. The Morgan fingerprint density at radius 2 is 1.76 bits per heavy atom. The summed E-state index contributed by atoms with van der Waals surface area (Å²) in [5.74, 6) is -0.207. The first-order valence-corrected chi connectivity index (χ1v) is 9.83. The number of imidazole rings is 1. The Kier molecular flexibility index (Phi) is 5.53. The molecule has 0 fully saturated rings. The van der Waals surface area contributed by atoms with Gasteiger partial charge in [-0.3, -0.25) is 9.20 Å². The number of benzene rings is 2. The lowest BCUT2D eigenvalue weighted by Crippen LogP contribution is -2.29. The van der Waals surface area contributed by atoms with Crippen LogP contribution < -0.4 is 10.1 Å². The zero-order chi connectivity index (χ0) is 20.2. The molecule has 1 amide bonds. The number of hydrogen-bond acceptors (Lipinski definition) is 4. The van der Waals surface area contributed by atoms with Crippen molar-refractivity contribution in [1.29, 1.82) is 0 Å². The molecule has 0 spiro atoms. The summed E-state index contributed by atoms with van der Waals surface area (Å²) in [7, 11) is 0. The van der Waals surface area contributed by atoms with Crippen molar-refractivity contribution in [2.24, 2.45) is 0 Å². The lowest BCUT2D eigenvalue weighted by Gasteiger charge is -2.07. The second-order valence-electron chi connectivity index (χ2n) is 6.34. The van der Waals surface area contributed by atoms with Gasteiger partial charge in [0.1, 0.15) is 24.0 Å². The molecule has 148 valence electrons. The maximum Gasteiger partial charge on any atom is 0.226 e. The van der Waals surface area contributed by atoms with Crippen molar-refractivity contribution in [3.05, 3.63) is 77.4 Å². The normalized spacial score (nSPS) is 11.0. The Bertz CT molecular complexity index is 1120. The number of ether oxygens (including phenoxy) is 1. The van der Waals surface area contributed by atoms with Gasteiger partial charge in [0.2, 0.25) is 5.91 Å². The number of fused-ring (bicyclic) bond motifs is 1. The summed E-state index contributed by atoms with van der Waals surface area (Å²) < 4.78 is 33.3. The summed E-state index contributed by atoms with van der Waals surface area (Å²) in [4.78, 5) is 17.5. The molecule has 2 heterocycles. The molecular weight excluding hydrogens is 396 g/mol. The molecule has 0 aliphatic rings. The number of thiazole rings is 1. The van der Waals surface area contributed by atoms with Crippen molar-refractivity contribution >= 4 is 22.2 Å². The average molecular weight is 413 g/mol. The van der Waals surface area contributed by atoms with Crippen LogP contribution in [-0.2, 0) is 11.2 Å². The first-order chi connectivity index (χ1) is 14.1. The molecule has 0 aliphatic heterocycles. The van der Waals surface area contributed by atoms with Gasteiger partial charge in [0.25, 0.3) is 0 Å². The van der Waals surface area contributed by atoms with E-state index in [4.69, 9.17) is 4.74 Å². The Labute approximate surface area is 169 Å². The summed E-state index contributed by atoms with van der Waals surface area (Å²) in [5, 5.41) is 4.70. The van der Waals surface area contributed by atoms with Gasteiger partial charge in [0, 0.05) is 22.8 Å². The third-order valence-corrected chi connectivity index (χ3v) is 5.16. The van der Waals surface area contributed by atoms with E-state index in [0.29, 0.717) is 12.3 Å². The van der Waals surface area contributed by atoms with Crippen molar-refractivity contribution in [2.75, 3.05) is 13.2 Å². The largest absolute Gasteiger partial charge is 0.492 e. The predicted molar refractivity (Wildman–Crippen MR) is 107 cm³/mol. The van der Waals surface area contributed by atoms with Crippen LogP contribution in [0.3, 0.4) is 0 Å². The monoisotopic (exact) mass is 413 g/mol. The number of rotatable bonds is 7. The van der Waals surface area contributed by atoms with Crippen LogP contribution in [0, 0.1) is 11.6 Å². The van der Waals surface area contributed by atoms with Crippen molar-refractivity contribution < 1.29 is 18.3 Å². The van der Waals surface area contributed by atoms with Gasteiger partial charge >= 0.3 is 0 Å². The standard InChI is InChI=1S/C21H17F2N3O2S/c22-15-3-1-14(2-4-15)19-12-26-17(13-29-21(26)25-19)11-20(27)24-9-10-28-18-7-5-16(23)6-8-18/h1-8,12-13H,9-11H2,(H,24,27). The molecule has 8 heteroatoms. The molecule has 0 bridgehead atoms. The molecule has 0 saturated heterocycles. The molecule has 5 nitrogen and oxygen atoms in total. The third kappa shape index (κ3) is 4.60. The van der Waals surface area contributed by atoms with Gasteiger partial charge in [-0.15, -0.1) is 11.3 Å². The number of halogens is 2. The van der Waals surface area contributed by atoms with E-state index in [1.807, 2.05) is 16.0 Å². The zero-order valence-corrected chi connectivity index (χ0v) is 16.1. The number of amides is 1. The second-order valence-corrected chi connectivity index (χ2v) is 7.18. The molecule has 0 unspecified atom stereocenters. The highest BCUT2D eigenvalue weighted by Gasteiger charge is 2.12. The number of aromatic nitrogens is 2. The molecule has 2 aromatic carbocycles. The van der Waals surface area contributed by atoms with Gasteiger partial charge in [0.05, 0.1) is 18.7 Å². The van der Waals surface area contributed by atoms with Crippen molar-refractivity contribution in [3.63, 3.8) is 0 Å². The summed E-state index contributed by atoms with van der Waals surface area (Å²) in [5.41, 5.74) is 2.37. The van der Waals surface area contributed by atoms with Gasteiger partial charge in [-0.25, -0.2) is 13.8 Å². The van der Waals surface area contributed by atoms with E-state index in [2.05, 4.69) is 10.3 Å². The molecule has 4 aromatic rings. The molecule has 2 aromatic heterocycles. The minimum Gasteiger partial charge on any atom is -0.492 e. The van der Waals surface area contributed by atoms with Crippen LogP contribution in [0.2, 0.25) is 0 Å². The Hall–Kier alpha value is -3.26. The Balaban J connectivity index is 1.33. The summed E-state index contributed by atoms with van der Waals surface area (Å²) in [6.45, 7) is 0.629. The molecule has 0 radical (unpaired) electrons. The van der Waals surface area contributed by atoms with Gasteiger partial charge < -0.3 is 10.1 Å². The lowest BCUT2D eigenvalue weighted by atomic mass is 10.2. The maximum absolute atomic E-state index is 13.1. The molecule has 4 rings (SSSR count). The van der Waals surface area contributed by atoms with E-state index in [0.717, 1.165) is 21.9 Å². The molecule has 0 saturated carbocycles. The molecule has 29 heavy (non-hydrogen) atoms. The van der Waals surface area contributed by atoms with E-state index < -0.39 is 0 Å². The fourth-order valence-electron chi connectivity index (χ4n) is 2.83. The van der Waals surface area contributed by atoms with Gasteiger partial charge in [-0.2, -0.15) is 0 Å². The highest BCUT2D eigenvalue weighted by atomic mass is 32.1. The van der Waals surface area contributed by atoms with Gasteiger partial charge in [-0.1, -0.05) is 0 Å². The predicted octanol–water partition coefficient (Wildman–Crippen LogP) is 4.08. The first kappa shape index (κ1) is 19.1. The van der Waals surface area contributed by atoms with Crippen molar-refractivity contribution in [1.82, 2.24) is 14.7 Å². The Morgan fingerprint density at radius 3 is 2.48 bits per heavy atom. The fraction of sp³-hybridized carbons (Fsp3) is 0.143. The number of carbonyl (C=O) groups excluding carboxylic acids is 1. The number of hydrogen-bond donors (Lipinski definition) is 1. The van der Waals surface area contributed by atoms with E-state index in [1.165, 1.54) is 47.7 Å². The molecule has 0 aliphatic carbocycles. The van der Waals surface area contributed by atoms with Crippen LogP contribution >= 0.6 is 11.3 Å². The van der Waals surface area contributed by atoms with Crippen LogP contribution in [0.1, 0.15) is 5.69 Å². The van der Waals surface area contributed by atoms with Crippen molar-refractivity contribution in [2.45, 2.75) is 6.42 Å². The highest BCUT2D eigenvalue weighted by molar-refractivity contribution is 7.15. The lowest BCUT2D eigenvalue weighted by molar-refractivity contribution is -0.120. The second kappa shape index (κ2) is 8.40. The zero-order valence-electron chi connectivity index (χ0n) is 15.3. The van der Waals surface area contributed by atoms with E-state index in [9.17, 15) is 13.6 Å². The topological polar surface area (TPSA) is 55.6 Å². The smallest absolute Gasteiger partial charge is 0.226 e. The van der Waals surface area contributed by atoms with Crippen LogP contribution in [-0.4, -0.2) is 28.4 Å². The molecule has 0 atom stereocenters. The summed E-state index contributed by atoms with van der Waals surface area (Å²) in [6, 6.07) is 11.9. The summed E-state index contributed by atoms with van der Waals surface area (Å²) in [6.07, 6.45) is 2.05. The van der Waals surface area contributed by atoms with Crippen LogP contribution in [0.15, 0.2) is 60.1 Å². The number of carbonyl (C=O) groups is 1. The first-order valence-electron chi connectivity index (χ1n) is 8.95. The van der Waals surface area contributed by atoms with Gasteiger partial charge in [-0.05, 0) is 48.5 Å². The number of nitrogens with one attached hydrogen (secondary N) is 1. The van der Waals surface area contributed by atoms with Crippen LogP contribution in [0.5, 0.6) is 5.75 Å². The minimum atomic E-state index is -0.324. The Morgan fingerprint density at radius 1 is 1.07 bits per heavy atom. The van der Waals surface area contributed by atoms with Crippen LogP contribution in [0.25, 0.3) is 16.2 Å². The third-order valence-electron chi connectivity index (χ3n) is 4.27. The average Bonchev–Trinajstić information content (AvgIpc) is 3.29. The number of nitrogens with zero attached hydrogens (tertiary/aromatic N) is 2. The highest BCUT2D eigenvalue weighted by Crippen LogP contribution is 2.24.